The highest BCUT2D eigenvalue weighted by atomic mass is 19.2. The molecule has 0 saturated heterocycles. The highest BCUT2D eigenvalue weighted by molar-refractivity contribution is 5.44. The van der Waals surface area contributed by atoms with E-state index in [9.17, 15) is 8.78 Å². The fraction of sp³-hybridized carbons (Fsp3) is 0.385. The number of anilines is 1. The van der Waals surface area contributed by atoms with Gasteiger partial charge in [-0.3, -0.25) is 0 Å². The number of benzene rings is 1. The Morgan fingerprint density at radius 1 is 1.32 bits per heavy atom. The molecule has 6 heteroatoms. The van der Waals surface area contributed by atoms with Gasteiger partial charge < -0.3 is 9.84 Å². The first-order chi connectivity index (χ1) is 9.20. The summed E-state index contributed by atoms with van der Waals surface area (Å²) >= 11 is 0. The highest BCUT2D eigenvalue weighted by Crippen LogP contribution is 2.17. The van der Waals surface area contributed by atoms with Crippen molar-refractivity contribution in [1.82, 2.24) is 10.1 Å². The molecule has 0 amide bonds. The smallest absolute Gasteiger partial charge is 0.245 e. The molecule has 2 aromatic rings. The summed E-state index contributed by atoms with van der Waals surface area (Å²) in [6.07, 6.45) is 2.80. The number of hydrogen-bond donors (Lipinski definition) is 1. The van der Waals surface area contributed by atoms with E-state index in [0.717, 1.165) is 25.3 Å². The molecule has 0 saturated carbocycles. The van der Waals surface area contributed by atoms with Crippen LogP contribution >= 0.6 is 0 Å². The molecule has 0 spiro atoms. The summed E-state index contributed by atoms with van der Waals surface area (Å²) in [6.45, 7) is 2.24. The summed E-state index contributed by atoms with van der Waals surface area (Å²) in [7, 11) is 0. The molecule has 1 heterocycles. The maximum atomic E-state index is 13.4. The Morgan fingerprint density at radius 2 is 2.16 bits per heavy atom. The number of nitrogens with one attached hydrogen (secondary N) is 1. The topological polar surface area (TPSA) is 51.0 Å². The molecule has 1 aromatic heterocycles. The van der Waals surface area contributed by atoms with E-state index in [2.05, 4.69) is 22.4 Å². The molecule has 0 aliphatic rings. The second kappa shape index (κ2) is 6.26. The van der Waals surface area contributed by atoms with Crippen molar-refractivity contribution in [3.8, 4) is 0 Å². The summed E-state index contributed by atoms with van der Waals surface area (Å²) < 4.78 is 31.4. The number of unbranched alkanes of at least 4 members (excludes halogenated alkanes) is 1. The molecule has 0 aliphatic heterocycles. The molecule has 1 aromatic carbocycles. The molecule has 1 N–H and O–H groups in total. The van der Waals surface area contributed by atoms with Crippen LogP contribution in [0.4, 0.5) is 14.5 Å². The first kappa shape index (κ1) is 13.5. The van der Waals surface area contributed by atoms with E-state index < -0.39 is 11.6 Å². The number of nitrogens with zero attached hydrogens (tertiary/aromatic N) is 2. The van der Waals surface area contributed by atoms with Gasteiger partial charge >= 0.3 is 0 Å². The van der Waals surface area contributed by atoms with Crippen molar-refractivity contribution in [2.75, 3.05) is 5.32 Å². The first-order valence-corrected chi connectivity index (χ1v) is 6.20. The van der Waals surface area contributed by atoms with Crippen LogP contribution in [0.15, 0.2) is 22.7 Å². The van der Waals surface area contributed by atoms with Crippen LogP contribution in [0, 0.1) is 11.6 Å². The Kier molecular flexibility index (Phi) is 4.43. The second-order valence-electron chi connectivity index (χ2n) is 4.16. The van der Waals surface area contributed by atoms with E-state index >= 15 is 0 Å². The first-order valence-electron chi connectivity index (χ1n) is 6.20. The summed E-state index contributed by atoms with van der Waals surface area (Å²) in [6, 6.07) is 3.95. The molecular formula is C13H15F2N3O. The summed E-state index contributed by atoms with van der Waals surface area (Å²) in [4.78, 5) is 4.16. The molecule has 0 aliphatic carbocycles. The van der Waals surface area contributed by atoms with Crippen molar-refractivity contribution in [2.45, 2.75) is 32.7 Å². The van der Waals surface area contributed by atoms with Gasteiger partial charge in [0.05, 0.1) is 12.2 Å². The zero-order valence-corrected chi connectivity index (χ0v) is 10.6. The molecule has 2 rings (SSSR count). The summed E-state index contributed by atoms with van der Waals surface area (Å²) in [5.74, 6) is -0.805. The Morgan fingerprint density at radius 3 is 2.95 bits per heavy atom. The Labute approximate surface area is 109 Å². The molecule has 0 bridgehead atoms. The minimum Gasteiger partial charge on any atom is -0.374 e. The van der Waals surface area contributed by atoms with Crippen molar-refractivity contribution in [3.63, 3.8) is 0 Å². The van der Waals surface area contributed by atoms with Gasteiger partial charge in [0.15, 0.2) is 17.5 Å². The third kappa shape index (κ3) is 3.49. The SMILES string of the molecule is CCCCc1noc(CNc2cccc(F)c2F)n1. The Hall–Kier alpha value is -1.98. The van der Waals surface area contributed by atoms with Crippen LogP contribution in [0.3, 0.4) is 0 Å². The minimum absolute atomic E-state index is 0.0771. The van der Waals surface area contributed by atoms with Gasteiger partial charge in [0, 0.05) is 6.42 Å². The quantitative estimate of drug-likeness (QED) is 0.872. The summed E-state index contributed by atoms with van der Waals surface area (Å²) in [5, 5.41) is 6.54. The highest BCUT2D eigenvalue weighted by Gasteiger charge is 2.09. The number of aryl methyl sites for hydroxylation is 1. The minimum atomic E-state index is -0.909. The van der Waals surface area contributed by atoms with E-state index in [4.69, 9.17) is 4.52 Å². The number of rotatable bonds is 6. The normalized spacial score (nSPS) is 10.7. The Balaban J connectivity index is 1.95. The standard InChI is InChI=1S/C13H15F2N3O/c1-2-3-7-11-17-12(19-18-11)8-16-10-6-4-5-9(14)13(10)15/h4-6,16H,2-3,7-8H2,1H3. The van der Waals surface area contributed by atoms with Gasteiger partial charge in [0.25, 0.3) is 0 Å². The number of aromatic nitrogens is 2. The lowest BCUT2D eigenvalue weighted by molar-refractivity contribution is 0.377. The lowest BCUT2D eigenvalue weighted by Crippen LogP contribution is -2.03. The van der Waals surface area contributed by atoms with Crippen molar-refractivity contribution >= 4 is 5.69 Å². The average Bonchev–Trinajstić information content (AvgIpc) is 2.86. The van der Waals surface area contributed by atoms with E-state index in [-0.39, 0.29) is 12.2 Å². The van der Waals surface area contributed by atoms with Crippen LogP contribution in [-0.4, -0.2) is 10.1 Å². The molecule has 0 radical (unpaired) electrons. The molecule has 4 nitrogen and oxygen atoms in total. The van der Waals surface area contributed by atoms with Crippen molar-refractivity contribution in [1.29, 1.82) is 0 Å². The van der Waals surface area contributed by atoms with Crippen molar-refractivity contribution < 1.29 is 13.3 Å². The molecule has 19 heavy (non-hydrogen) atoms. The van der Waals surface area contributed by atoms with Crippen LogP contribution in [0.5, 0.6) is 0 Å². The van der Waals surface area contributed by atoms with Crippen molar-refractivity contribution in [2.24, 2.45) is 0 Å². The summed E-state index contributed by atoms with van der Waals surface area (Å²) in [5.41, 5.74) is 0.0771. The third-order valence-corrected chi connectivity index (χ3v) is 2.65. The maximum Gasteiger partial charge on any atom is 0.245 e. The van der Waals surface area contributed by atoms with E-state index in [1.54, 1.807) is 0 Å². The molecular weight excluding hydrogens is 252 g/mol. The van der Waals surface area contributed by atoms with Gasteiger partial charge in [0.1, 0.15) is 0 Å². The number of hydrogen-bond acceptors (Lipinski definition) is 4. The zero-order valence-electron chi connectivity index (χ0n) is 10.6. The third-order valence-electron chi connectivity index (χ3n) is 2.65. The maximum absolute atomic E-state index is 13.4. The van der Waals surface area contributed by atoms with Gasteiger partial charge in [0.2, 0.25) is 5.89 Å². The molecule has 0 atom stereocenters. The molecule has 0 fully saturated rings. The second-order valence-corrected chi connectivity index (χ2v) is 4.16. The van der Waals surface area contributed by atoms with Gasteiger partial charge in [-0.05, 0) is 18.6 Å². The largest absolute Gasteiger partial charge is 0.374 e. The van der Waals surface area contributed by atoms with Gasteiger partial charge in [-0.1, -0.05) is 24.6 Å². The zero-order chi connectivity index (χ0) is 13.7. The van der Waals surface area contributed by atoms with E-state index in [1.165, 1.54) is 12.1 Å². The van der Waals surface area contributed by atoms with Crippen LogP contribution in [-0.2, 0) is 13.0 Å². The fourth-order valence-electron chi connectivity index (χ4n) is 1.61. The van der Waals surface area contributed by atoms with E-state index in [0.29, 0.717) is 11.7 Å². The van der Waals surface area contributed by atoms with Crippen LogP contribution in [0.25, 0.3) is 0 Å². The van der Waals surface area contributed by atoms with Crippen LogP contribution in [0.1, 0.15) is 31.5 Å². The predicted octanol–water partition coefficient (Wildman–Crippen LogP) is 3.30. The number of halogens is 2. The van der Waals surface area contributed by atoms with Crippen LogP contribution in [0.2, 0.25) is 0 Å². The fourth-order valence-corrected chi connectivity index (χ4v) is 1.61. The van der Waals surface area contributed by atoms with Gasteiger partial charge in [-0.2, -0.15) is 4.98 Å². The van der Waals surface area contributed by atoms with Crippen molar-refractivity contribution in [3.05, 3.63) is 41.5 Å². The van der Waals surface area contributed by atoms with Gasteiger partial charge in [-0.15, -0.1) is 0 Å². The lowest BCUT2D eigenvalue weighted by atomic mass is 10.2. The Bertz CT molecular complexity index is 542. The predicted molar refractivity (Wildman–Crippen MR) is 66.6 cm³/mol. The lowest BCUT2D eigenvalue weighted by Gasteiger charge is -2.04. The van der Waals surface area contributed by atoms with Crippen LogP contribution < -0.4 is 5.32 Å². The molecule has 102 valence electrons. The van der Waals surface area contributed by atoms with E-state index in [1.807, 2.05) is 0 Å². The average molecular weight is 267 g/mol. The molecule has 0 unspecified atom stereocenters. The van der Waals surface area contributed by atoms with Gasteiger partial charge in [-0.25, -0.2) is 8.78 Å². The monoisotopic (exact) mass is 267 g/mol.